The molecule has 0 unspecified atom stereocenters. The van der Waals surface area contributed by atoms with E-state index in [9.17, 15) is 9.59 Å². The lowest BCUT2D eigenvalue weighted by Crippen LogP contribution is -2.33. The molecule has 1 aromatic carbocycles. The Labute approximate surface area is 145 Å². The van der Waals surface area contributed by atoms with E-state index >= 15 is 0 Å². The van der Waals surface area contributed by atoms with Crippen LogP contribution in [0.25, 0.3) is 0 Å². The van der Waals surface area contributed by atoms with Crippen LogP contribution in [0, 0.1) is 5.41 Å². The van der Waals surface area contributed by atoms with Crippen LogP contribution in [0.1, 0.15) is 41.5 Å². The second kappa shape index (κ2) is 9.53. The minimum atomic E-state index is -0.113. The Morgan fingerprint density at radius 1 is 1.09 bits per heavy atom. The summed E-state index contributed by atoms with van der Waals surface area (Å²) in [4.78, 5) is 25.9. The van der Waals surface area contributed by atoms with Crippen LogP contribution in [0.2, 0.25) is 0 Å². The van der Waals surface area contributed by atoms with Gasteiger partial charge >= 0.3 is 0 Å². The molecule has 2 amide bonds. The van der Waals surface area contributed by atoms with E-state index in [2.05, 4.69) is 31.4 Å². The summed E-state index contributed by atoms with van der Waals surface area (Å²) in [6, 6.07) is 6.78. The molecule has 6 heteroatoms. The molecule has 0 aliphatic rings. The van der Waals surface area contributed by atoms with Gasteiger partial charge in [0.15, 0.2) is 0 Å². The first kappa shape index (κ1) is 21.4. The fourth-order valence-corrected chi connectivity index (χ4v) is 1.81. The van der Waals surface area contributed by atoms with Crippen molar-refractivity contribution in [1.82, 2.24) is 15.5 Å². The van der Waals surface area contributed by atoms with Gasteiger partial charge in [0, 0.05) is 37.8 Å². The summed E-state index contributed by atoms with van der Waals surface area (Å²) in [6.45, 7) is 8.19. The van der Waals surface area contributed by atoms with Crippen molar-refractivity contribution in [3.05, 3.63) is 35.4 Å². The average Bonchev–Trinajstić information content (AvgIpc) is 2.49. The fraction of sp³-hybridized carbons (Fsp3) is 0.529. The van der Waals surface area contributed by atoms with Crippen LogP contribution < -0.4 is 10.6 Å². The first-order valence-corrected chi connectivity index (χ1v) is 7.53. The van der Waals surface area contributed by atoms with E-state index in [1.807, 2.05) is 7.05 Å². The second-order valence-corrected chi connectivity index (χ2v) is 6.65. The van der Waals surface area contributed by atoms with Crippen molar-refractivity contribution < 1.29 is 9.59 Å². The lowest BCUT2D eigenvalue weighted by atomic mass is 9.97. The molecule has 0 spiro atoms. The molecule has 5 nitrogen and oxygen atoms in total. The van der Waals surface area contributed by atoms with Crippen LogP contribution >= 0.6 is 12.4 Å². The predicted molar refractivity (Wildman–Crippen MR) is 96.4 cm³/mol. The summed E-state index contributed by atoms with van der Waals surface area (Å²) >= 11 is 0. The van der Waals surface area contributed by atoms with Crippen molar-refractivity contribution in [1.29, 1.82) is 0 Å². The van der Waals surface area contributed by atoms with Gasteiger partial charge in [-0.15, -0.1) is 12.4 Å². The minimum Gasteiger partial charge on any atom is -0.352 e. The van der Waals surface area contributed by atoms with E-state index in [4.69, 9.17) is 0 Å². The molecule has 0 aliphatic heterocycles. The molecule has 0 aromatic heterocycles. The monoisotopic (exact) mass is 341 g/mol. The Balaban J connectivity index is 0.00000484. The highest BCUT2D eigenvalue weighted by atomic mass is 35.5. The Morgan fingerprint density at radius 3 is 2.09 bits per heavy atom. The molecule has 0 atom stereocenters. The van der Waals surface area contributed by atoms with Crippen molar-refractivity contribution in [2.24, 2.45) is 5.41 Å². The molecule has 23 heavy (non-hydrogen) atoms. The number of hydrogen-bond donors (Lipinski definition) is 2. The molecular weight excluding hydrogens is 314 g/mol. The maximum Gasteiger partial charge on any atom is 0.253 e. The van der Waals surface area contributed by atoms with Gasteiger partial charge in [-0.25, -0.2) is 0 Å². The maximum atomic E-state index is 12.2. The summed E-state index contributed by atoms with van der Waals surface area (Å²) in [5, 5.41) is 5.90. The Morgan fingerprint density at radius 2 is 1.61 bits per heavy atom. The number of rotatable bonds is 6. The second-order valence-electron chi connectivity index (χ2n) is 6.65. The van der Waals surface area contributed by atoms with Crippen molar-refractivity contribution in [2.75, 3.05) is 33.7 Å². The molecule has 0 fully saturated rings. The number of carbonyl (C=O) groups is 2. The number of benzene rings is 1. The molecule has 0 saturated carbocycles. The lowest BCUT2D eigenvalue weighted by Gasteiger charge is -2.19. The molecule has 0 bridgehead atoms. The standard InChI is InChI=1S/C17H27N3O2.ClH/c1-17(2,3)12-19-15(21)13-6-8-14(9-7-13)16(22)20(5)11-10-18-4;/h6-9,18H,10-12H2,1-5H3,(H,19,21);1H. The van der Waals surface area contributed by atoms with Gasteiger partial charge < -0.3 is 15.5 Å². The fourth-order valence-electron chi connectivity index (χ4n) is 1.81. The lowest BCUT2D eigenvalue weighted by molar-refractivity contribution is 0.0796. The third-order valence-corrected chi connectivity index (χ3v) is 3.22. The maximum absolute atomic E-state index is 12.2. The van der Waals surface area contributed by atoms with E-state index in [0.717, 1.165) is 6.54 Å². The molecule has 1 aromatic rings. The van der Waals surface area contributed by atoms with E-state index < -0.39 is 0 Å². The Hall–Kier alpha value is -1.59. The van der Waals surface area contributed by atoms with Gasteiger partial charge in [-0.05, 0) is 36.7 Å². The first-order chi connectivity index (χ1) is 10.2. The number of carbonyl (C=O) groups excluding carboxylic acids is 2. The molecule has 0 aliphatic carbocycles. The zero-order valence-electron chi connectivity index (χ0n) is 14.6. The van der Waals surface area contributed by atoms with Gasteiger partial charge in [0.05, 0.1) is 0 Å². The van der Waals surface area contributed by atoms with Gasteiger partial charge in [-0.1, -0.05) is 20.8 Å². The van der Waals surface area contributed by atoms with Crippen molar-refractivity contribution in [3.63, 3.8) is 0 Å². The average molecular weight is 342 g/mol. The van der Waals surface area contributed by atoms with Gasteiger partial charge in [-0.2, -0.15) is 0 Å². The van der Waals surface area contributed by atoms with E-state index in [1.165, 1.54) is 0 Å². The Kier molecular flexibility index (Phi) is 8.87. The van der Waals surface area contributed by atoms with Gasteiger partial charge in [0.1, 0.15) is 0 Å². The number of nitrogens with zero attached hydrogens (tertiary/aromatic N) is 1. The highest BCUT2D eigenvalue weighted by molar-refractivity contribution is 5.97. The normalized spacial score (nSPS) is 10.7. The number of halogens is 1. The summed E-state index contributed by atoms with van der Waals surface area (Å²) in [7, 11) is 3.62. The predicted octanol–water partition coefficient (Wildman–Crippen LogP) is 2.18. The number of likely N-dealkylation sites (N-methyl/N-ethyl adjacent to an activating group) is 2. The van der Waals surface area contributed by atoms with Crippen molar-refractivity contribution >= 4 is 24.2 Å². The van der Waals surface area contributed by atoms with Crippen LogP contribution in [0.3, 0.4) is 0 Å². The number of nitrogens with one attached hydrogen (secondary N) is 2. The van der Waals surface area contributed by atoms with Gasteiger partial charge in [-0.3, -0.25) is 9.59 Å². The van der Waals surface area contributed by atoms with Gasteiger partial charge in [0.25, 0.3) is 11.8 Å². The van der Waals surface area contributed by atoms with Crippen molar-refractivity contribution in [3.8, 4) is 0 Å². The van der Waals surface area contributed by atoms with Crippen LogP contribution in [0.15, 0.2) is 24.3 Å². The van der Waals surface area contributed by atoms with Crippen LogP contribution in [-0.4, -0.2) is 50.4 Å². The number of amides is 2. The zero-order chi connectivity index (χ0) is 16.8. The minimum absolute atomic E-state index is 0. The number of hydrogen-bond acceptors (Lipinski definition) is 3. The molecule has 1 rings (SSSR count). The SMILES string of the molecule is CNCCN(C)C(=O)c1ccc(C(=O)NCC(C)(C)C)cc1.Cl. The summed E-state index contributed by atoms with van der Waals surface area (Å²) in [6.07, 6.45) is 0. The third kappa shape index (κ3) is 7.48. The molecular formula is C17H28ClN3O2. The quantitative estimate of drug-likeness (QED) is 0.833. The smallest absolute Gasteiger partial charge is 0.253 e. The van der Waals surface area contributed by atoms with Crippen LogP contribution in [0.4, 0.5) is 0 Å². The van der Waals surface area contributed by atoms with Crippen molar-refractivity contribution in [2.45, 2.75) is 20.8 Å². The highest BCUT2D eigenvalue weighted by Crippen LogP contribution is 2.11. The first-order valence-electron chi connectivity index (χ1n) is 7.53. The largest absolute Gasteiger partial charge is 0.352 e. The summed E-state index contributed by atoms with van der Waals surface area (Å²) < 4.78 is 0. The highest BCUT2D eigenvalue weighted by Gasteiger charge is 2.15. The summed E-state index contributed by atoms with van der Waals surface area (Å²) in [5.74, 6) is -0.158. The zero-order valence-corrected chi connectivity index (χ0v) is 15.4. The molecule has 0 radical (unpaired) electrons. The van der Waals surface area contributed by atoms with Crippen LogP contribution in [0.5, 0.6) is 0 Å². The van der Waals surface area contributed by atoms with E-state index in [0.29, 0.717) is 24.2 Å². The van der Waals surface area contributed by atoms with Crippen LogP contribution in [-0.2, 0) is 0 Å². The topological polar surface area (TPSA) is 61.4 Å². The third-order valence-electron chi connectivity index (χ3n) is 3.22. The molecule has 130 valence electrons. The molecule has 2 N–H and O–H groups in total. The van der Waals surface area contributed by atoms with E-state index in [-0.39, 0.29) is 29.6 Å². The summed E-state index contributed by atoms with van der Waals surface area (Å²) in [5.41, 5.74) is 1.20. The van der Waals surface area contributed by atoms with Gasteiger partial charge in [0.2, 0.25) is 0 Å². The van der Waals surface area contributed by atoms with E-state index in [1.54, 1.807) is 36.2 Å². The molecule has 0 heterocycles. The molecule has 0 saturated heterocycles. The Bertz CT molecular complexity index is 510.